The van der Waals surface area contributed by atoms with E-state index in [0.717, 1.165) is 11.1 Å². The monoisotopic (exact) mass is 541 g/mol. The Morgan fingerprint density at radius 2 is 1.89 bits per heavy atom. The number of carboxylic acids is 1. The van der Waals surface area contributed by atoms with Gasteiger partial charge in [-0.1, -0.05) is 29.3 Å². The van der Waals surface area contributed by atoms with Crippen LogP contribution in [0.1, 0.15) is 47.1 Å². The molecule has 4 aromatic rings. The molecule has 11 heteroatoms. The number of anilines is 2. The van der Waals surface area contributed by atoms with Crippen molar-refractivity contribution in [2.24, 2.45) is 0 Å². The first-order chi connectivity index (χ1) is 17.7. The second kappa shape index (κ2) is 9.64. The molecule has 37 heavy (non-hydrogen) atoms. The van der Waals surface area contributed by atoms with Gasteiger partial charge in [-0.2, -0.15) is 0 Å². The van der Waals surface area contributed by atoms with E-state index in [1.165, 1.54) is 24.3 Å². The molecule has 190 valence electrons. The average molecular weight is 542 g/mol. The van der Waals surface area contributed by atoms with Gasteiger partial charge in [-0.25, -0.2) is 19.2 Å². The van der Waals surface area contributed by atoms with Gasteiger partial charge >= 0.3 is 5.97 Å². The number of rotatable bonds is 6. The van der Waals surface area contributed by atoms with Crippen LogP contribution >= 0.6 is 23.2 Å². The lowest BCUT2D eigenvalue weighted by atomic mass is 10.0. The topological polar surface area (TPSA) is 100 Å². The molecule has 0 aliphatic carbocycles. The first-order valence-corrected chi connectivity index (χ1v) is 12.3. The van der Waals surface area contributed by atoms with Gasteiger partial charge in [0.15, 0.2) is 5.69 Å². The fourth-order valence-corrected chi connectivity index (χ4v) is 5.07. The number of aromatic carboxylic acids is 1. The molecule has 0 saturated carbocycles. The van der Waals surface area contributed by atoms with Crippen LogP contribution < -0.4 is 15.8 Å². The Labute approximate surface area is 221 Å². The van der Waals surface area contributed by atoms with Crippen molar-refractivity contribution in [2.45, 2.75) is 39.5 Å². The summed E-state index contributed by atoms with van der Waals surface area (Å²) >= 11 is 12.3. The molecule has 0 fully saturated rings. The van der Waals surface area contributed by atoms with Gasteiger partial charge in [0.1, 0.15) is 11.0 Å². The number of pyridine rings is 1. The highest BCUT2D eigenvalue weighted by atomic mass is 35.5. The molecule has 1 aliphatic heterocycles. The van der Waals surface area contributed by atoms with E-state index < -0.39 is 12.0 Å². The van der Waals surface area contributed by atoms with Crippen molar-refractivity contribution in [3.05, 3.63) is 91.2 Å². The van der Waals surface area contributed by atoms with E-state index in [0.29, 0.717) is 47.1 Å². The molecule has 5 rings (SSSR count). The van der Waals surface area contributed by atoms with E-state index in [1.807, 2.05) is 18.7 Å². The van der Waals surface area contributed by atoms with Gasteiger partial charge in [-0.05, 0) is 61.4 Å². The second-order valence-electron chi connectivity index (χ2n) is 8.82. The predicted molar refractivity (Wildman–Crippen MR) is 141 cm³/mol. The molecule has 2 N–H and O–H groups in total. The molecule has 0 unspecified atom stereocenters. The van der Waals surface area contributed by atoms with Crippen molar-refractivity contribution in [2.75, 3.05) is 10.2 Å². The zero-order valence-electron chi connectivity index (χ0n) is 19.9. The predicted octanol–water partition coefficient (Wildman–Crippen LogP) is 5.65. The summed E-state index contributed by atoms with van der Waals surface area (Å²) in [5.74, 6) is -1.08. The molecule has 8 nitrogen and oxygen atoms in total. The third kappa shape index (κ3) is 4.60. The lowest BCUT2D eigenvalue weighted by molar-refractivity contribution is 0.0691. The molecule has 0 spiro atoms. The molecule has 2 aromatic heterocycles. The largest absolute Gasteiger partial charge is 0.476 e. The quantitative estimate of drug-likeness (QED) is 0.304. The number of carboxylic acid groups (broad SMARTS) is 1. The number of halogens is 3. The van der Waals surface area contributed by atoms with Crippen molar-refractivity contribution in [1.29, 1.82) is 0 Å². The van der Waals surface area contributed by atoms with Crippen LogP contribution in [-0.4, -0.2) is 25.6 Å². The molecule has 1 atom stereocenters. The Hall–Kier alpha value is -3.69. The second-order valence-corrected chi connectivity index (χ2v) is 9.65. The molecule has 0 bridgehead atoms. The lowest BCUT2D eigenvalue weighted by Crippen LogP contribution is -2.30. The summed E-state index contributed by atoms with van der Waals surface area (Å²) in [5, 5.41) is 13.5. The number of carbonyl (C=O) groups is 1. The van der Waals surface area contributed by atoms with E-state index in [4.69, 9.17) is 28.2 Å². The van der Waals surface area contributed by atoms with Crippen LogP contribution in [0.15, 0.2) is 47.3 Å². The summed E-state index contributed by atoms with van der Waals surface area (Å²) in [6.07, 6.45) is 0. The standard InChI is InChI=1S/C26H22Cl2FN5O3/c1-3-34-24(35)19-10-16(27)9-18(13(2)30-20-6-7-21(28)31-23(20)25(36)37)22(19)32-26(34)33-11-14-4-5-17(29)8-15(14)12-33/h4-10,13,30H,3,11-12H2,1-2H3,(H,36,37)/t13-/m1/s1. The van der Waals surface area contributed by atoms with E-state index in [-0.39, 0.29) is 27.9 Å². The molecular weight excluding hydrogens is 520 g/mol. The summed E-state index contributed by atoms with van der Waals surface area (Å²) in [5.41, 5.74) is 2.65. The molecule has 0 amide bonds. The van der Waals surface area contributed by atoms with Crippen LogP contribution in [-0.2, 0) is 19.6 Å². The number of nitrogens with zero attached hydrogens (tertiary/aromatic N) is 4. The number of aromatic nitrogens is 3. The smallest absolute Gasteiger partial charge is 0.356 e. The highest BCUT2D eigenvalue weighted by Crippen LogP contribution is 2.33. The van der Waals surface area contributed by atoms with Gasteiger partial charge in [0.2, 0.25) is 5.95 Å². The fraction of sp³-hybridized carbons (Fsp3) is 0.231. The normalized spacial score (nSPS) is 13.6. The van der Waals surface area contributed by atoms with Crippen LogP contribution in [0.3, 0.4) is 0 Å². The Morgan fingerprint density at radius 3 is 2.62 bits per heavy atom. The lowest BCUT2D eigenvalue weighted by Gasteiger charge is -2.23. The van der Waals surface area contributed by atoms with Crippen LogP contribution in [0.4, 0.5) is 16.0 Å². The third-order valence-corrected chi connectivity index (χ3v) is 6.85. The zero-order valence-corrected chi connectivity index (χ0v) is 21.4. The minimum atomic E-state index is -1.23. The highest BCUT2D eigenvalue weighted by Gasteiger charge is 2.26. The Balaban J connectivity index is 1.62. The van der Waals surface area contributed by atoms with Gasteiger partial charge in [0, 0.05) is 30.2 Å². The van der Waals surface area contributed by atoms with E-state index in [1.54, 1.807) is 22.8 Å². The van der Waals surface area contributed by atoms with Crippen molar-refractivity contribution >= 4 is 51.7 Å². The summed E-state index contributed by atoms with van der Waals surface area (Å²) in [6.45, 7) is 4.96. The molecule has 2 aromatic carbocycles. The summed E-state index contributed by atoms with van der Waals surface area (Å²) < 4.78 is 15.4. The number of hydrogen-bond acceptors (Lipinski definition) is 6. The van der Waals surface area contributed by atoms with Gasteiger partial charge < -0.3 is 15.3 Å². The molecular formula is C26H22Cl2FN5O3. The van der Waals surface area contributed by atoms with Gasteiger partial charge in [-0.15, -0.1) is 0 Å². The summed E-state index contributed by atoms with van der Waals surface area (Å²) in [4.78, 5) is 36.1. The van der Waals surface area contributed by atoms with Crippen LogP contribution in [0.25, 0.3) is 10.9 Å². The molecule has 0 saturated heterocycles. The molecule has 3 heterocycles. The van der Waals surface area contributed by atoms with Crippen molar-refractivity contribution < 1.29 is 14.3 Å². The van der Waals surface area contributed by atoms with Crippen molar-refractivity contribution in [3.63, 3.8) is 0 Å². The molecule has 1 aliphatic rings. The van der Waals surface area contributed by atoms with E-state index in [9.17, 15) is 19.1 Å². The maximum atomic E-state index is 13.8. The number of nitrogens with one attached hydrogen (secondary N) is 1. The van der Waals surface area contributed by atoms with Crippen LogP contribution in [0, 0.1) is 5.82 Å². The molecule has 0 radical (unpaired) electrons. The van der Waals surface area contributed by atoms with E-state index >= 15 is 0 Å². The first-order valence-electron chi connectivity index (χ1n) is 11.6. The number of fused-ring (bicyclic) bond motifs is 2. The highest BCUT2D eigenvalue weighted by molar-refractivity contribution is 6.31. The Kier molecular flexibility index (Phi) is 6.51. The van der Waals surface area contributed by atoms with Crippen LogP contribution in [0.5, 0.6) is 0 Å². The maximum absolute atomic E-state index is 13.8. The maximum Gasteiger partial charge on any atom is 0.356 e. The summed E-state index contributed by atoms with van der Waals surface area (Å²) in [7, 11) is 0. The third-order valence-electron chi connectivity index (χ3n) is 6.43. The average Bonchev–Trinajstić information content (AvgIpc) is 3.27. The Bertz CT molecular complexity index is 1620. The first kappa shape index (κ1) is 25.0. The zero-order chi connectivity index (χ0) is 26.4. The van der Waals surface area contributed by atoms with Gasteiger partial charge in [-0.3, -0.25) is 9.36 Å². The van der Waals surface area contributed by atoms with Gasteiger partial charge in [0.05, 0.1) is 22.6 Å². The van der Waals surface area contributed by atoms with Crippen LogP contribution in [0.2, 0.25) is 10.2 Å². The summed E-state index contributed by atoms with van der Waals surface area (Å²) in [6, 6.07) is 10.5. The number of hydrogen-bond donors (Lipinski definition) is 2. The van der Waals surface area contributed by atoms with Crippen molar-refractivity contribution in [1.82, 2.24) is 14.5 Å². The van der Waals surface area contributed by atoms with E-state index in [2.05, 4.69) is 10.3 Å². The minimum Gasteiger partial charge on any atom is -0.476 e. The number of benzene rings is 2. The van der Waals surface area contributed by atoms with Crippen molar-refractivity contribution in [3.8, 4) is 0 Å². The fourth-order valence-electron chi connectivity index (χ4n) is 4.69. The SMILES string of the molecule is CCn1c(N2Cc3ccc(F)cc3C2)nc2c([C@@H](C)Nc3ccc(Cl)nc3C(=O)O)cc(Cl)cc2c1=O. The Morgan fingerprint density at radius 1 is 1.14 bits per heavy atom. The van der Waals surface area contributed by atoms with Gasteiger partial charge in [0.25, 0.3) is 5.56 Å². The minimum absolute atomic E-state index is 0.0572.